The minimum atomic E-state index is -0.0336. The predicted molar refractivity (Wildman–Crippen MR) is 73.8 cm³/mol. The molecule has 1 aromatic heterocycles. The third-order valence-electron chi connectivity index (χ3n) is 3.43. The minimum absolute atomic E-state index is 0.0336. The fraction of sp³-hybridized carbons (Fsp3) is 0.462. The van der Waals surface area contributed by atoms with E-state index in [2.05, 4.69) is 20.9 Å². The van der Waals surface area contributed by atoms with Crippen molar-refractivity contribution in [2.75, 3.05) is 13.2 Å². The molecule has 96 valence electrons. The Labute approximate surface area is 113 Å². The fourth-order valence-electron chi connectivity index (χ4n) is 2.53. The first-order chi connectivity index (χ1) is 8.74. The van der Waals surface area contributed by atoms with Gasteiger partial charge in [0.1, 0.15) is 0 Å². The summed E-state index contributed by atoms with van der Waals surface area (Å²) in [5.74, 6) is 0.444. The van der Waals surface area contributed by atoms with Crippen LogP contribution in [0.15, 0.2) is 27.5 Å². The average molecular weight is 311 g/mol. The second-order valence-corrected chi connectivity index (χ2v) is 5.70. The van der Waals surface area contributed by atoms with Gasteiger partial charge in [0, 0.05) is 23.5 Å². The van der Waals surface area contributed by atoms with Gasteiger partial charge in [0.05, 0.1) is 17.6 Å². The van der Waals surface area contributed by atoms with Gasteiger partial charge >= 0.3 is 5.69 Å². The van der Waals surface area contributed by atoms with Crippen molar-refractivity contribution in [2.45, 2.75) is 19.4 Å². The lowest BCUT2D eigenvalue weighted by atomic mass is 10.0. The van der Waals surface area contributed by atoms with Gasteiger partial charge in [0.2, 0.25) is 0 Å². The molecule has 18 heavy (non-hydrogen) atoms. The van der Waals surface area contributed by atoms with E-state index in [-0.39, 0.29) is 5.69 Å². The van der Waals surface area contributed by atoms with Crippen molar-refractivity contribution in [3.8, 4) is 0 Å². The van der Waals surface area contributed by atoms with Crippen molar-refractivity contribution in [1.82, 2.24) is 9.55 Å². The minimum Gasteiger partial charge on any atom is -0.381 e. The van der Waals surface area contributed by atoms with Crippen molar-refractivity contribution in [2.24, 2.45) is 5.92 Å². The average Bonchev–Trinajstić information content (AvgIpc) is 2.66. The highest BCUT2D eigenvalue weighted by atomic mass is 79.9. The van der Waals surface area contributed by atoms with Crippen LogP contribution in [0.5, 0.6) is 0 Å². The van der Waals surface area contributed by atoms with Crippen molar-refractivity contribution in [3.63, 3.8) is 0 Å². The van der Waals surface area contributed by atoms with Gasteiger partial charge < -0.3 is 9.72 Å². The number of rotatable bonds is 2. The summed E-state index contributed by atoms with van der Waals surface area (Å²) in [5, 5.41) is 0. The Morgan fingerprint density at radius 1 is 1.50 bits per heavy atom. The third-order valence-corrected chi connectivity index (χ3v) is 3.92. The molecule has 0 radical (unpaired) electrons. The molecule has 1 saturated heterocycles. The van der Waals surface area contributed by atoms with E-state index >= 15 is 0 Å². The highest BCUT2D eigenvalue weighted by Crippen LogP contribution is 2.20. The Balaban J connectivity index is 1.95. The van der Waals surface area contributed by atoms with Crippen molar-refractivity contribution in [3.05, 3.63) is 33.2 Å². The number of aromatic amines is 1. The number of imidazole rings is 1. The fourth-order valence-corrected chi connectivity index (χ4v) is 2.89. The van der Waals surface area contributed by atoms with E-state index in [0.29, 0.717) is 5.92 Å². The maximum absolute atomic E-state index is 12.0. The first-order valence-electron chi connectivity index (χ1n) is 6.20. The molecule has 0 saturated carbocycles. The van der Waals surface area contributed by atoms with Crippen molar-refractivity contribution >= 4 is 27.0 Å². The van der Waals surface area contributed by atoms with Crippen LogP contribution in [-0.2, 0) is 11.3 Å². The predicted octanol–water partition coefficient (Wildman–Crippen LogP) is 2.52. The quantitative estimate of drug-likeness (QED) is 0.926. The number of ether oxygens (including phenoxy) is 1. The van der Waals surface area contributed by atoms with Crippen molar-refractivity contribution in [1.29, 1.82) is 0 Å². The standard InChI is InChI=1S/C13H15BrN2O2/c14-10-3-4-12-11(6-10)15-13(17)16(12)7-9-2-1-5-18-8-9/h3-4,6,9H,1-2,5,7-8H2,(H,15,17). The van der Waals surface area contributed by atoms with E-state index in [1.807, 2.05) is 22.8 Å². The molecule has 2 aromatic rings. The molecule has 1 aliphatic rings. The van der Waals surface area contributed by atoms with E-state index in [4.69, 9.17) is 4.74 Å². The second kappa shape index (κ2) is 4.90. The van der Waals surface area contributed by atoms with Crippen LogP contribution in [0.1, 0.15) is 12.8 Å². The van der Waals surface area contributed by atoms with Crippen LogP contribution in [0, 0.1) is 5.92 Å². The Morgan fingerprint density at radius 2 is 2.39 bits per heavy atom. The molecule has 2 heterocycles. The molecule has 0 aliphatic carbocycles. The highest BCUT2D eigenvalue weighted by molar-refractivity contribution is 9.10. The normalized spacial score (nSPS) is 20.4. The Kier molecular flexibility index (Phi) is 3.26. The van der Waals surface area contributed by atoms with E-state index in [1.54, 1.807) is 0 Å². The Bertz CT molecular complexity index is 611. The van der Waals surface area contributed by atoms with Crippen molar-refractivity contribution < 1.29 is 4.74 Å². The molecule has 1 N–H and O–H groups in total. The van der Waals surface area contributed by atoms with Gasteiger partial charge in [-0.1, -0.05) is 15.9 Å². The number of benzene rings is 1. The molecule has 0 spiro atoms. The number of nitrogens with zero attached hydrogens (tertiary/aromatic N) is 1. The molecule has 5 heteroatoms. The van der Waals surface area contributed by atoms with E-state index in [9.17, 15) is 4.79 Å². The molecule has 3 rings (SSSR count). The van der Waals surface area contributed by atoms with Gasteiger partial charge in [0.25, 0.3) is 0 Å². The summed E-state index contributed by atoms with van der Waals surface area (Å²) >= 11 is 3.41. The number of halogens is 1. The third kappa shape index (κ3) is 2.24. The zero-order valence-corrected chi connectivity index (χ0v) is 11.6. The molecule has 1 unspecified atom stereocenters. The molecule has 0 bridgehead atoms. The number of aromatic nitrogens is 2. The van der Waals surface area contributed by atoms with Gasteiger partial charge in [0.15, 0.2) is 0 Å². The summed E-state index contributed by atoms with van der Waals surface area (Å²) in [5.41, 5.74) is 1.81. The van der Waals surface area contributed by atoms with Crippen LogP contribution in [0.4, 0.5) is 0 Å². The molecule has 1 aromatic carbocycles. The number of hydrogen-bond donors (Lipinski definition) is 1. The molecular formula is C13H15BrN2O2. The Morgan fingerprint density at radius 3 is 3.17 bits per heavy atom. The van der Waals surface area contributed by atoms with E-state index < -0.39 is 0 Å². The maximum atomic E-state index is 12.0. The van der Waals surface area contributed by atoms with Crippen LogP contribution in [0.2, 0.25) is 0 Å². The zero-order chi connectivity index (χ0) is 12.5. The largest absolute Gasteiger partial charge is 0.381 e. The molecular weight excluding hydrogens is 296 g/mol. The smallest absolute Gasteiger partial charge is 0.326 e. The first-order valence-corrected chi connectivity index (χ1v) is 6.99. The summed E-state index contributed by atoms with van der Waals surface area (Å²) in [4.78, 5) is 14.9. The summed E-state index contributed by atoms with van der Waals surface area (Å²) in [6, 6.07) is 5.87. The lowest BCUT2D eigenvalue weighted by molar-refractivity contribution is 0.0485. The molecule has 1 fully saturated rings. The lowest BCUT2D eigenvalue weighted by Crippen LogP contribution is -2.27. The van der Waals surface area contributed by atoms with Gasteiger partial charge in [-0.15, -0.1) is 0 Å². The molecule has 1 atom stereocenters. The van der Waals surface area contributed by atoms with Crippen LogP contribution < -0.4 is 5.69 Å². The van der Waals surface area contributed by atoms with Gasteiger partial charge in [-0.05, 0) is 31.0 Å². The van der Waals surface area contributed by atoms with Gasteiger partial charge in [-0.2, -0.15) is 0 Å². The zero-order valence-electron chi connectivity index (χ0n) is 9.99. The topological polar surface area (TPSA) is 47.0 Å². The van der Waals surface area contributed by atoms with E-state index in [0.717, 1.165) is 48.1 Å². The monoisotopic (exact) mass is 310 g/mol. The van der Waals surface area contributed by atoms with E-state index in [1.165, 1.54) is 0 Å². The second-order valence-electron chi connectivity index (χ2n) is 4.79. The van der Waals surface area contributed by atoms with Gasteiger partial charge in [-0.3, -0.25) is 4.57 Å². The highest BCUT2D eigenvalue weighted by Gasteiger charge is 2.17. The maximum Gasteiger partial charge on any atom is 0.326 e. The number of hydrogen-bond acceptors (Lipinski definition) is 2. The summed E-state index contributed by atoms with van der Waals surface area (Å²) in [7, 11) is 0. The first kappa shape index (κ1) is 12.0. The SMILES string of the molecule is O=c1[nH]c2cc(Br)ccc2n1CC1CCCOC1. The molecule has 1 aliphatic heterocycles. The summed E-state index contributed by atoms with van der Waals surface area (Å²) in [6.07, 6.45) is 2.23. The van der Waals surface area contributed by atoms with Gasteiger partial charge in [-0.25, -0.2) is 4.79 Å². The number of nitrogens with one attached hydrogen (secondary N) is 1. The van der Waals surface area contributed by atoms with Crippen LogP contribution >= 0.6 is 15.9 Å². The number of fused-ring (bicyclic) bond motifs is 1. The van der Waals surface area contributed by atoms with Crippen LogP contribution in [-0.4, -0.2) is 22.8 Å². The summed E-state index contributed by atoms with van der Waals surface area (Å²) in [6.45, 7) is 2.35. The molecule has 0 amide bonds. The lowest BCUT2D eigenvalue weighted by Gasteiger charge is -2.22. The van der Waals surface area contributed by atoms with Crippen LogP contribution in [0.3, 0.4) is 0 Å². The van der Waals surface area contributed by atoms with Crippen LogP contribution in [0.25, 0.3) is 11.0 Å². The molecule has 4 nitrogen and oxygen atoms in total. The Hall–Kier alpha value is -1.07. The number of H-pyrrole nitrogens is 1. The summed E-state index contributed by atoms with van der Waals surface area (Å²) < 4.78 is 8.27.